The first-order valence-electron chi connectivity index (χ1n) is 10.8. The molecule has 0 radical (unpaired) electrons. The van der Waals surface area contributed by atoms with Crippen molar-refractivity contribution >= 4 is 5.91 Å². The van der Waals surface area contributed by atoms with Gasteiger partial charge in [-0.05, 0) is 43.7 Å². The first-order chi connectivity index (χ1) is 15.1. The van der Waals surface area contributed by atoms with Gasteiger partial charge in [-0.15, -0.1) is 0 Å². The molecule has 162 valence electrons. The van der Waals surface area contributed by atoms with Crippen molar-refractivity contribution in [1.29, 1.82) is 0 Å². The van der Waals surface area contributed by atoms with Gasteiger partial charge in [0.1, 0.15) is 19.6 Å². The molecular weight excluding hydrogens is 392 g/mol. The minimum absolute atomic E-state index is 0.118. The van der Waals surface area contributed by atoms with Gasteiger partial charge in [0.2, 0.25) is 6.79 Å². The van der Waals surface area contributed by atoms with Gasteiger partial charge in [0.05, 0.1) is 0 Å². The van der Waals surface area contributed by atoms with Crippen LogP contribution in [0.25, 0.3) is 0 Å². The molecule has 0 spiro atoms. The van der Waals surface area contributed by atoms with E-state index in [1.807, 2.05) is 38.1 Å². The molecule has 2 heterocycles. The Morgan fingerprint density at radius 1 is 0.968 bits per heavy atom. The number of ether oxygens (including phenoxy) is 2. The summed E-state index contributed by atoms with van der Waals surface area (Å²) in [6, 6.07) is 20.2. The van der Waals surface area contributed by atoms with Gasteiger partial charge >= 0.3 is 0 Å². The van der Waals surface area contributed by atoms with Gasteiger partial charge in [0.15, 0.2) is 23.0 Å². The van der Waals surface area contributed by atoms with Crippen molar-refractivity contribution in [2.24, 2.45) is 0 Å². The second kappa shape index (κ2) is 9.71. The minimum atomic E-state index is -0.166. The van der Waals surface area contributed by atoms with Crippen molar-refractivity contribution in [3.63, 3.8) is 0 Å². The first-order valence-corrected chi connectivity index (χ1v) is 10.8. The van der Waals surface area contributed by atoms with Gasteiger partial charge in [0, 0.05) is 17.2 Å². The lowest BCUT2D eigenvalue weighted by molar-refractivity contribution is -0.942. The lowest BCUT2D eigenvalue weighted by Gasteiger charge is -2.19. The van der Waals surface area contributed by atoms with Gasteiger partial charge < -0.3 is 24.1 Å². The van der Waals surface area contributed by atoms with Crippen LogP contribution in [0.4, 0.5) is 0 Å². The molecule has 0 saturated heterocycles. The van der Waals surface area contributed by atoms with E-state index < -0.39 is 0 Å². The Hall–Kier alpha value is -3.25. The zero-order valence-electron chi connectivity index (χ0n) is 18.0. The average Bonchev–Trinajstić information content (AvgIpc) is 3.43. The van der Waals surface area contributed by atoms with Crippen LogP contribution in [-0.4, -0.2) is 18.7 Å². The topological polar surface area (TPSA) is 65.1 Å². The number of fused-ring (bicyclic) bond motifs is 1. The van der Waals surface area contributed by atoms with E-state index in [4.69, 9.17) is 13.9 Å². The van der Waals surface area contributed by atoms with Crippen LogP contribution >= 0.6 is 0 Å². The van der Waals surface area contributed by atoms with Crippen molar-refractivity contribution in [2.75, 3.05) is 6.79 Å². The summed E-state index contributed by atoms with van der Waals surface area (Å²) in [6.07, 6.45) is 0.879. The third-order valence-corrected chi connectivity index (χ3v) is 5.49. The van der Waals surface area contributed by atoms with E-state index in [1.165, 1.54) is 10.5 Å². The van der Waals surface area contributed by atoms with Crippen LogP contribution in [0.5, 0.6) is 11.5 Å². The van der Waals surface area contributed by atoms with Crippen molar-refractivity contribution < 1.29 is 23.6 Å². The van der Waals surface area contributed by atoms with Gasteiger partial charge in [0.25, 0.3) is 5.91 Å². The molecule has 0 saturated carbocycles. The summed E-state index contributed by atoms with van der Waals surface area (Å²) in [7, 11) is 0. The second-order valence-corrected chi connectivity index (χ2v) is 8.00. The normalized spacial score (nSPS) is 14.3. The number of rotatable bonds is 9. The highest BCUT2D eigenvalue weighted by Gasteiger charge is 2.19. The molecule has 1 aliphatic rings. The number of carbonyl (C=O) groups is 1. The Balaban J connectivity index is 1.49. The zero-order valence-corrected chi connectivity index (χ0v) is 18.0. The number of amides is 1. The Morgan fingerprint density at radius 2 is 1.74 bits per heavy atom. The Labute approximate surface area is 182 Å². The highest BCUT2D eigenvalue weighted by atomic mass is 16.7. The SMILES string of the molecule is CC[C@@H](C)NC(=O)c1ccc(C[NH+](Cc2ccccc2)Cc2ccc3c(c2)OCO3)o1. The molecule has 31 heavy (non-hydrogen) atoms. The van der Waals surface area contributed by atoms with Gasteiger partial charge in [-0.3, -0.25) is 4.79 Å². The van der Waals surface area contributed by atoms with E-state index >= 15 is 0 Å². The summed E-state index contributed by atoms with van der Waals surface area (Å²) in [5.41, 5.74) is 2.41. The average molecular weight is 422 g/mol. The third kappa shape index (κ3) is 5.47. The number of benzene rings is 2. The summed E-state index contributed by atoms with van der Waals surface area (Å²) in [4.78, 5) is 13.7. The summed E-state index contributed by atoms with van der Waals surface area (Å²) in [5, 5.41) is 2.95. The lowest BCUT2D eigenvalue weighted by Crippen LogP contribution is -3.08. The zero-order chi connectivity index (χ0) is 21.6. The van der Waals surface area contributed by atoms with Crippen LogP contribution in [0.1, 0.15) is 47.7 Å². The van der Waals surface area contributed by atoms with E-state index in [1.54, 1.807) is 6.07 Å². The summed E-state index contributed by atoms with van der Waals surface area (Å²) >= 11 is 0. The number of furan rings is 1. The molecule has 1 unspecified atom stereocenters. The largest absolute Gasteiger partial charge is 0.454 e. The molecule has 1 amide bonds. The molecule has 4 rings (SSSR count). The highest BCUT2D eigenvalue weighted by Crippen LogP contribution is 2.32. The summed E-state index contributed by atoms with van der Waals surface area (Å²) in [6.45, 7) is 6.59. The fourth-order valence-electron chi connectivity index (χ4n) is 3.65. The smallest absolute Gasteiger partial charge is 0.287 e. The molecule has 6 nitrogen and oxygen atoms in total. The maximum atomic E-state index is 12.4. The monoisotopic (exact) mass is 421 g/mol. The second-order valence-electron chi connectivity index (χ2n) is 8.00. The molecule has 6 heteroatoms. The number of quaternary nitrogens is 1. The highest BCUT2D eigenvalue weighted by molar-refractivity contribution is 5.91. The maximum absolute atomic E-state index is 12.4. The van der Waals surface area contributed by atoms with Gasteiger partial charge in [-0.25, -0.2) is 0 Å². The molecular formula is C25H29N2O4+. The lowest BCUT2D eigenvalue weighted by atomic mass is 10.1. The van der Waals surface area contributed by atoms with Crippen LogP contribution in [0.15, 0.2) is 65.1 Å². The molecule has 2 atom stereocenters. The Morgan fingerprint density at radius 3 is 2.55 bits per heavy atom. The fourth-order valence-corrected chi connectivity index (χ4v) is 3.65. The molecule has 0 fully saturated rings. The van der Waals surface area contributed by atoms with Crippen molar-refractivity contribution in [3.8, 4) is 11.5 Å². The minimum Gasteiger partial charge on any atom is -0.454 e. The van der Waals surface area contributed by atoms with Gasteiger partial charge in [-0.2, -0.15) is 0 Å². The quantitative estimate of drug-likeness (QED) is 0.556. The van der Waals surface area contributed by atoms with E-state index in [0.717, 1.165) is 42.3 Å². The number of carbonyl (C=O) groups excluding carboxylic acids is 1. The number of nitrogens with one attached hydrogen (secondary N) is 2. The molecule has 1 aliphatic heterocycles. The van der Waals surface area contributed by atoms with E-state index in [-0.39, 0.29) is 18.7 Å². The standard InChI is InChI=1S/C25H28N2O4/c1-3-18(2)26-25(28)23-12-10-21(31-23)16-27(14-19-7-5-4-6-8-19)15-20-9-11-22-24(13-20)30-17-29-22/h4-13,18H,3,14-17H2,1-2H3,(H,26,28)/p+1/t18-/m1/s1. The van der Waals surface area contributed by atoms with E-state index in [9.17, 15) is 4.79 Å². The van der Waals surface area contributed by atoms with Crippen molar-refractivity contribution in [2.45, 2.75) is 45.9 Å². The number of hydrogen-bond acceptors (Lipinski definition) is 4. The van der Waals surface area contributed by atoms with Crippen LogP contribution in [0, 0.1) is 0 Å². The van der Waals surface area contributed by atoms with Crippen LogP contribution in [0.3, 0.4) is 0 Å². The predicted molar refractivity (Wildman–Crippen MR) is 117 cm³/mol. The molecule has 1 aromatic heterocycles. The van der Waals surface area contributed by atoms with Crippen molar-refractivity contribution in [3.05, 3.63) is 83.3 Å². The molecule has 3 aromatic rings. The molecule has 2 aromatic carbocycles. The Bertz CT molecular complexity index is 1020. The van der Waals surface area contributed by atoms with Crippen LogP contribution < -0.4 is 19.7 Å². The summed E-state index contributed by atoms with van der Waals surface area (Å²) in [5.74, 6) is 2.56. The van der Waals surface area contributed by atoms with Crippen LogP contribution in [0.2, 0.25) is 0 Å². The Kier molecular flexibility index (Phi) is 6.57. The molecule has 2 N–H and O–H groups in total. The molecule has 0 bridgehead atoms. The van der Waals surface area contributed by atoms with Crippen LogP contribution in [-0.2, 0) is 19.6 Å². The van der Waals surface area contributed by atoms with Crippen molar-refractivity contribution in [1.82, 2.24) is 5.32 Å². The fraction of sp³-hybridized carbons (Fsp3) is 0.320. The van der Waals surface area contributed by atoms with E-state index in [2.05, 4.69) is 35.6 Å². The first kappa shape index (κ1) is 21.0. The number of hydrogen-bond donors (Lipinski definition) is 2. The van der Waals surface area contributed by atoms with Gasteiger partial charge in [-0.1, -0.05) is 37.3 Å². The summed E-state index contributed by atoms with van der Waals surface area (Å²) < 4.78 is 16.9. The maximum Gasteiger partial charge on any atom is 0.287 e. The third-order valence-electron chi connectivity index (χ3n) is 5.49. The predicted octanol–water partition coefficient (Wildman–Crippen LogP) is 3.32. The molecule has 0 aliphatic carbocycles. The van der Waals surface area contributed by atoms with E-state index in [0.29, 0.717) is 12.3 Å².